The van der Waals surface area contributed by atoms with Crippen LogP contribution in [0.5, 0.6) is 0 Å². The van der Waals surface area contributed by atoms with Gasteiger partial charge in [0, 0.05) is 5.56 Å². The highest BCUT2D eigenvalue weighted by Crippen LogP contribution is 2.29. The maximum atomic E-state index is 13.8. The van der Waals surface area contributed by atoms with Gasteiger partial charge in [0.05, 0.1) is 5.41 Å². The average Bonchev–Trinajstić information content (AvgIpc) is 2.42. The summed E-state index contributed by atoms with van der Waals surface area (Å²) in [4.78, 5) is 11.4. The van der Waals surface area contributed by atoms with E-state index in [-0.39, 0.29) is 17.8 Å². The summed E-state index contributed by atoms with van der Waals surface area (Å²) in [5, 5.41) is 0. The van der Waals surface area contributed by atoms with Gasteiger partial charge in [-0.2, -0.15) is 0 Å². The van der Waals surface area contributed by atoms with Gasteiger partial charge in [0.2, 0.25) is 0 Å². The summed E-state index contributed by atoms with van der Waals surface area (Å²) in [6.45, 7) is 1.62. The molecule has 0 amide bonds. The van der Waals surface area contributed by atoms with Gasteiger partial charge < -0.3 is 4.79 Å². The molecule has 0 aliphatic rings. The molecule has 19 heavy (non-hydrogen) atoms. The molecule has 0 aliphatic heterocycles. The molecule has 2 aromatic rings. The van der Waals surface area contributed by atoms with Gasteiger partial charge in [-0.05, 0) is 31.0 Å². The van der Waals surface area contributed by atoms with Crippen molar-refractivity contribution in [3.8, 4) is 0 Å². The zero-order chi connectivity index (χ0) is 13.9. The molecule has 0 heterocycles. The van der Waals surface area contributed by atoms with E-state index in [9.17, 15) is 13.6 Å². The normalized spacial score (nSPS) is 13.8. The fourth-order valence-corrected chi connectivity index (χ4v) is 2.16. The van der Waals surface area contributed by atoms with Crippen LogP contribution in [0.15, 0.2) is 48.5 Å². The molecule has 1 atom stereocenters. The van der Waals surface area contributed by atoms with Crippen LogP contribution in [0.3, 0.4) is 0 Å². The Labute approximate surface area is 110 Å². The first kappa shape index (κ1) is 13.4. The minimum atomic E-state index is -1.08. The van der Waals surface area contributed by atoms with E-state index in [0.717, 1.165) is 0 Å². The van der Waals surface area contributed by atoms with Crippen molar-refractivity contribution in [3.05, 3.63) is 71.3 Å². The molecule has 1 unspecified atom stereocenters. The topological polar surface area (TPSA) is 17.1 Å². The Morgan fingerprint density at radius 3 is 2.16 bits per heavy atom. The van der Waals surface area contributed by atoms with Gasteiger partial charge in [-0.15, -0.1) is 0 Å². The van der Waals surface area contributed by atoms with Gasteiger partial charge >= 0.3 is 0 Å². The molecular formula is C16H14F2O. The highest BCUT2D eigenvalue weighted by molar-refractivity contribution is 5.69. The van der Waals surface area contributed by atoms with Gasteiger partial charge in [-0.3, -0.25) is 0 Å². The number of benzene rings is 2. The molecule has 0 bridgehead atoms. The quantitative estimate of drug-likeness (QED) is 0.767. The molecule has 0 saturated carbocycles. The van der Waals surface area contributed by atoms with Crippen LogP contribution in [0.1, 0.15) is 18.1 Å². The van der Waals surface area contributed by atoms with Crippen LogP contribution in [-0.2, 0) is 16.6 Å². The molecule has 98 valence electrons. The zero-order valence-electron chi connectivity index (χ0n) is 10.6. The Hall–Kier alpha value is -2.03. The molecule has 0 N–H and O–H groups in total. The van der Waals surface area contributed by atoms with E-state index < -0.39 is 11.2 Å². The Kier molecular flexibility index (Phi) is 3.74. The number of halogens is 2. The van der Waals surface area contributed by atoms with E-state index in [1.165, 1.54) is 12.1 Å². The molecule has 0 aromatic heterocycles. The molecule has 2 aromatic carbocycles. The summed E-state index contributed by atoms with van der Waals surface area (Å²) in [5.74, 6) is -0.833. The van der Waals surface area contributed by atoms with Crippen molar-refractivity contribution in [2.24, 2.45) is 0 Å². The third-order valence-corrected chi connectivity index (χ3v) is 3.26. The lowest BCUT2D eigenvalue weighted by molar-refractivity contribution is -0.112. The molecule has 0 spiro atoms. The Bertz CT molecular complexity index is 595. The minimum absolute atomic E-state index is 0.129. The van der Waals surface area contributed by atoms with Crippen molar-refractivity contribution in [1.82, 2.24) is 0 Å². The van der Waals surface area contributed by atoms with E-state index in [1.54, 1.807) is 43.3 Å². The van der Waals surface area contributed by atoms with Crippen LogP contribution < -0.4 is 0 Å². The predicted octanol–water partition coefficient (Wildman–Crippen LogP) is 3.66. The average molecular weight is 260 g/mol. The minimum Gasteiger partial charge on any atom is -0.302 e. The maximum absolute atomic E-state index is 13.8. The van der Waals surface area contributed by atoms with E-state index in [2.05, 4.69) is 0 Å². The molecule has 0 saturated heterocycles. The lowest BCUT2D eigenvalue weighted by Crippen LogP contribution is -2.28. The first-order valence-electron chi connectivity index (χ1n) is 6.01. The smallest absolute Gasteiger partial charge is 0.130 e. The van der Waals surface area contributed by atoms with Gasteiger partial charge in [0.1, 0.15) is 17.9 Å². The Morgan fingerprint density at radius 2 is 1.58 bits per heavy atom. The summed E-state index contributed by atoms with van der Waals surface area (Å²) >= 11 is 0. The Balaban J connectivity index is 2.42. The second kappa shape index (κ2) is 5.31. The van der Waals surface area contributed by atoms with Crippen LogP contribution in [0, 0.1) is 11.6 Å². The van der Waals surface area contributed by atoms with Gasteiger partial charge in [0.15, 0.2) is 0 Å². The first-order valence-corrected chi connectivity index (χ1v) is 6.01. The Morgan fingerprint density at radius 1 is 1.00 bits per heavy atom. The third-order valence-electron chi connectivity index (χ3n) is 3.26. The lowest BCUT2D eigenvalue weighted by atomic mass is 9.78. The van der Waals surface area contributed by atoms with Gasteiger partial charge in [0.25, 0.3) is 0 Å². The lowest BCUT2D eigenvalue weighted by Gasteiger charge is -2.24. The number of carbonyl (C=O) groups is 1. The summed E-state index contributed by atoms with van der Waals surface area (Å²) in [7, 11) is 0. The van der Waals surface area contributed by atoms with Crippen molar-refractivity contribution in [2.45, 2.75) is 18.8 Å². The standard InChI is InChI=1S/C16H14F2O/c1-16(11-19,13-7-3-5-9-15(13)18)10-12-6-2-4-8-14(12)17/h2-9,11H,10H2,1H3. The second-order valence-electron chi connectivity index (χ2n) is 4.78. The van der Waals surface area contributed by atoms with Crippen molar-refractivity contribution < 1.29 is 13.6 Å². The largest absolute Gasteiger partial charge is 0.302 e. The van der Waals surface area contributed by atoms with Crippen molar-refractivity contribution in [2.75, 3.05) is 0 Å². The van der Waals surface area contributed by atoms with Crippen LogP contribution >= 0.6 is 0 Å². The summed E-state index contributed by atoms with van der Waals surface area (Å²) in [6.07, 6.45) is 0.807. The SMILES string of the molecule is CC(C=O)(Cc1ccccc1F)c1ccccc1F. The van der Waals surface area contributed by atoms with Crippen molar-refractivity contribution in [1.29, 1.82) is 0 Å². The molecule has 0 radical (unpaired) electrons. The van der Waals surface area contributed by atoms with Gasteiger partial charge in [-0.25, -0.2) is 8.78 Å². The summed E-state index contributed by atoms with van der Waals surface area (Å²) in [6, 6.07) is 12.3. The van der Waals surface area contributed by atoms with E-state index >= 15 is 0 Å². The van der Waals surface area contributed by atoms with Crippen LogP contribution in [0.2, 0.25) is 0 Å². The highest BCUT2D eigenvalue weighted by atomic mass is 19.1. The molecule has 3 heteroatoms. The number of carbonyl (C=O) groups excluding carboxylic acids is 1. The molecule has 1 nitrogen and oxygen atoms in total. The number of hydrogen-bond acceptors (Lipinski definition) is 1. The first-order chi connectivity index (χ1) is 9.07. The van der Waals surface area contributed by atoms with Crippen LogP contribution in [-0.4, -0.2) is 6.29 Å². The summed E-state index contributed by atoms with van der Waals surface area (Å²) in [5.41, 5.74) is -0.387. The zero-order valence-corrected chi connectivity index (χ0v) is 10.6. The highest BCUT2D eigenvalue weighted by Gasteiger charge is 2.30. The van der Waals surface area contributed by atoms with Crippen molar-refractivity contribution >= 4 is 6.29 Å². The van der Waals surface area contributed by atoms with E-state index in [1.807, 2.05) is 0 Å². The molecule has 2 rings (SSSR count). The maximum Gasteiger partial charge on any atom is 0.130 e. The fraction of sp³-hybridized carbons (Fsp3) is 0.188. The van der Waals surface area contributed by atoms with E-state index in [0.29, 0.717) is 11.8 Å². The molecule has 0 fully saturated rings. The monoisotopic (exact) mass is 260 g/mol. The van der Waals surface area contributed by atoms with Crippen molar-refractivity contribution in [3.63, 3.8) is 0 Å². The summed E-state index contributed by atoms with van der Waals surface area (Å²) < 4.78 is 27.5. The molecular weight excluding hydrogens is 246 g/mol. The van der Waals surface area contributed by atoms with Crippen LogP contribution in [0.4, 0.5) is 8.78 Å². The fourth-order valence-electron chi connectivity index (χ4n) is 2.16. The number of rotatable bonds is 4. The number of aldehydes is 1. The molecule has 0 aliphatic carbocycles. The number of hydrogen-bond donors (Lipinski definition) is 0. The third kappa shape index (κ3) is 2.70. The van der Waals surface area contributed by atoms with E-state index in [4.69, 9.17) is 0 Å². The second-order valence-corrected chi connectivity index (χ2v) is 4.78. The van der Waals surface area contributed by atoms with Gasteiger partial charge in [-0.1, -0.05) is 36.4 Å². The predicted molar refractivity (Wildman–Crippen MR) is 69.9 cm³/mol. The van der Waals surface area contributed by atoms with Crippen LogP contribution in [0.25, 0.3) is 0 Å².